The van der Waals surface area contributed by atoms with Gasteiger partial charge in [0.15, 0.2) is 6.10 Å². The summed E-state index contributed by atoms with van der Waals surface area (Å²) in [6.45, 7) is 4.58. The lowest BCUT2D eigenvalue weighted by Crippen LogP contribution is -2.38. The van der Waals surface area contributed by atoms with Crippen molar-refractivity contribution in [1.29, 1.82) is 0 Å². The van der Waals surface area contributed by atoms with Gasteiger partial charge < -0.3 is 10.1 Å². The topological polar surface area (TPSA) is 38.3 Å². The molecule has 0 spiro atoms. The number of ether oxygens (including phenoxy) is 1. The van der Waals surface area contributed by atoms with Crippen molar-refractivity contribution >= 4 is 5.91 Å². The minimum atomic E-state index is -0.447. The Morgan fingerprint density at radius 1 is 1.14 bits per heavy atom. The van der Waals surface area contributed by atoms with E-state index < -0.39 is 6.10 Å². The van der Waals surface area contributed by atoms with Gasteiger partial charge in [0.1, 0.15) is 5.75 Å². The molecule has 0 aliphatic carbocycles. The Balaban J connectivity index is 1.84. The van der Waals surface area contributed by atoms with Crippen molar-refractivity contribution in [3.8, 4) is 5.75 Å². The van der Waals surface area contributed by atoms with Gasteiger partial charge in [0.25, 0.3) is 5.91 Å². The minimum absolute atomic E-state index is 0.0556. The van der Waals surface area contributed by atoms with Gasteiger partial charge in [0.05, 0.1) is 0 Å². The first-order chi connectivity index (χ1) is 10.7. The molecule has 1 N–H and O–H groups in total. The van der Waals surface area contributed by atoms with Crippen molar-refractivity contribution in [3.63, 3.8) is 0 Å². The standard InChI is InChI=1S/C19H23NO2/c1-3-18(22-17-11-7-8-15(2)14-17)19(21)20-13-12-16-9-5-4-6-10-16/h4-11,14,18H,3,12-13H2,1-2H3,(H,20,21)/t18-/m1/s1. The second-order valence-corrected chi connectivity index (χ2v) is 5.36. The molecule has 116 valence electrons. The average molecular weight is 297 g/mol. The molecule has 2 aromatic carbocycles. The predicted molar refractivity (Wildman–Crippen MR) is 89.0 cm³/mol. The highest BCUT2D eigenvalue weighted by Gasteiger charge is 2.17. The highest BCUT2D eigenvalue weighted by atomic mass is 16.5. The van der Waals surface area contributed by atoms with E-state index in [4.69, 9.17) is 4.74 Å². The van der Waals surface area contributed by atoms with Crippen LogP contribution < -0.4 is 10.1 Å². The Morgan fingerprint density at radius 2 is 1.91 bits per heavy atom. The summed E-state index contributed by atoms with van der Waals surface area (Å²) >= 11 is 0. The largest absolute Gasteiger partial charge is 0.481 e. The molecule has 0 saturated carbocycles. The van der Waals surface area contributed by atoms with Gasteiger partial charge in [-0.3, -0.25) is 4.79 Å². The van der Waals surface area contributed by atoms with Crippen LogP contribution >= 0.6 is 0 Å². The summed E-state index contributed by atoms with van der Waals surface area (Å²) in [5, 5.41) is 2.95. The Labute approximate surface area is 132 Å². The van der Waals surface area contributed by atoms with Crippen LogP contribution in [0.1, 0.15) is 24.5 Å². The van der Waals surface area contributed by atoms with Crippen molar-refractivity contribution in [2.45, 2.75) is 32.8 Å². The number of nitrogens with one attached hydrogen (secondary N) is 1. The molecule has 0 aliphatic heterocycles. The van der Waals surface area contributed by atoms with Gasteiger partial charge in [-0.05, 0) is 43.0 Å². The number of carbonyl (C=O) groups excluding carboxylic acids is 1. The van der Waals surface area contributed by atoms with Crippen molar-refractivity contribution < 1.29 is 9.53 Å². The molecular formula is C19H23NO2. The predicted octanol–water partition coefficient (Wildman–Crippen LogP) is 3.51. The molecule has 0 aliphatic rings. The summed E-state index contributed by atoms with van der Waals surface area (Å²) in [4.78, 5) is 12.2. The number of amides is 1. The first kappa shape index (κ1) is 16.1. The molecule has 0 fully saturated rings. The number of rotatable bonds is 7. The molecule has 22 heavy (non-hydrogen) atoms. The van der Waals surface area contributed by atoms with Crippen LogP contribution in [0.15, 0.2) is 54.6 Å². The Morgan fingerprint density at radius 3 is 2.59 bits per heavy atom. The van der Waals surface area contributed by atoms with Gasteiger partial charge in [-0.15, -0.1) is 0 Å². The van der Waals surface area contributed by atoms with E-state index in [9.17, 15) is 4.79 Å². The van der Waals surface area contributed by atoms with Crippen LogP contribution in [0.3, 0.4) is 0 Å². The Bertz CT molecular complexity index is 595. The van der Waals surface area contributed by atoms with Gasteiger partial charge in [-0.1, -0.05) is 49.4 Å². The van der Waals surface area contributed by atoms with Crippen LogP contribution in [0.4, 0.5) is 0 Å². The molecule has 0 aromatic heterocycles. The molecule has 2 rings (SSSR count). The van der Waals surface area contributed by atoms with E-state index in [1.165, 1.54) is 5.56 Å². The molecule has 0 radical (unpaired) electrons. The zero-order valence-electron chi connectivity index (χ0n) is 13.2. The number of hydrogen-bond acceptors (Lipinski definition) is 2. The highest BCUT2D eigenvalue weighted by molar-refractivity contribution is 5.81. The van der Waals surface area contributed by atoms with Crippen LogP contribution in [0, 0.1) is 6.92 Å². The third-order valence-corrected chi connectivity index (χ3v) is 3.49. The number of aryl methyl sites for hydroxylation is 1. The van der Waals surface area contributed by atoms with Gasteiger partial charge in [0, 0.05) is 6.54 Å². The summed E-state index contributed by atoms with van der Waals surface area (Å²) in [6.07, 6.45) is 1.02. The van der Waals surface area contributed by atoms with Crippen molar-refractivity contribution in [1.82, 2.24) is 5.32 Å². The quantitative estimate of drug-likeness (QED) is 0.849. The van der Waals surface area contributed by atoms with Crippen LogP contribution in [0.2, 0.25) is 0 Å². The monoisotopic (exact) mass is 297 g/mol. The summed E-state index contributed by atoms with van der Waals surface area (Å²) in [5.41, 5.74) is 2.34. The molecule has 3 nitrogen and oxygen atoms in total. The van der Waals surface area contributed by atoms with E-state index in [1.807, 2.05) is 56.3 Å². The SMILES string of the molecule is CC[C@@H](Oc1cccc(C)c1)C(=O)NCCc1ccccc1. The lowest BCUT2D eigenvalue weighted by atomic mass is 10.1. The minimum Gasteiger partial charge on any atom is -0.481 e. The summed E-state index contributed by atoms with van der Waals surface area (Å²) in [5.74, 6) is 0.685. The molecule has 1 amide bonds. The summed E-state index contributed by atoms with van der Waals surface area (Å²) < 4.78 is 5.80. The lowest BCUT2D eigenvalue weighted by molar-refractivity contribution is -0.128. The maximum Gasteiger partial charge on any atom is 0.261 e. The number of carbonyl (C=O) groups is 1. The maximum atomic E-state index is 12.2. The van der Waals surface area contributed by atoms with Crippen molar-refractivity contribution in [2.24, 2.45) is 0 Å². The number of hydrogen-bond donors (Lipinski definition) is 1. The summed E-state index contributed by atoms with van der Waals surface area (Å²) in [6, 6.07) is 17.9. The molecule has 0 saturated heterocycles. The van der Waals surface area contributed by atoms with E-state index in [1.54, 1.807) is 0 Å². The van der Waals surface area contributed by atoms with Gasteiger partial charge in [-0.2, -0.15) is 0 Å². The second kappa shape index (κ2) is 8.23. The van der Waals surface area contributed by atoms with Crippen molar-refractivity contribution in [3.05, 3.63) is 65.7 Å². The fraction of sp³-hybridized carbons (Fsp3) is 0.316. The molecule has 0 bridgehead atoms. The molecule has 0 heterocycles. The van der Waals surface area contributed by atoms with Gasteiger partial charge in [-0.25, -0.2) is 0 Å². The molecule has 2 aromatic rings. The smallest absolute Gasteiger partial charge is 0.261 e. The first-order valence-electron chi connectivity index (χ1n) is 7.74. The van der Waals surface area contributed by atoms with Crippen LogP contribution in [0.25, 0.3) is 0 Å². The maximum absolute atomic E-state index is 12.2. The third kappa shape index (κ3) is 4.92. The highest BCUT2D eigenvalue weighted by Crippen LogP contribution is 2.15. The zero-order valence-corrected chi connectivity index (χ0v) is 13.2. The second-order valence-electron chi connectivity index (χ2n) is 5.36. The first-order valence-corrected chi connectivity index (χ1v) is 7.74. The molecule has 0 unspecified atom stereocenters. The van der Waals surface area contributed by atoms with Crippen LogP contribution in [0.5, 0.6) is 5.75 Å². The van der Waals surface area contributed by atoms with Crippen LogP contribution in [-0.2, 0) is 11.2 Å². The van der Waals surface area contributed by atoms with Gasteiger partial charge >= 0.3 is 0 Å². The zero-order chi connectivity index (χ0) is 15.8. The number of benzene rings is 2. The summed E-state index contributed by atoms with van der Waals surface area (Å²) in [7, 11) is 0. The molecule has 1 atom stereocenters. The van der Waals surface area contributed by atoms with Crippen LogP contribution in [-0.4, -0.2) is 18.6 Å². The van der Waals surface area contributed by atoms with Crippen molar-refractivity contribution in [2.75, 3.05) is 6.54 Å². The normalized spacial score (nSPS) is 11.7. The van der Waals surface area contributed by atoms with E-state index in [0.717, 1.165) is 17.7 Å². The lowest BCUT2D eigenvalue weighted by Gasteiger charge is -2.17. The average Bonchev–Trinajstić information content (AvgIpc) is 2.53. The van der Waals surface area contributed by atoms with E-state index in [2.05, 4.69) is 17.4 Å². The van der Waals surface area contributed by atoms with Gasteiger partial charge in [0.2, 0.25) is 0 Å². The van der Waals surface area contributed by atoms with E-state index >= 15 is 0 Å². The molecule has 3 heteroatoms. The Kier molecular flexibility index (Phi) is 6.01. The van der Waals surface area contributed by atoms with E-state index in [0.29, 0.717) is 13.0 Å². The van der Waals surface area contributed by atoms with E-state index in [-0.39, 0.29) is 5.91 Å². The molecular weight excluding hydrogens is 274 g/mol. The third-order valence-electron chi connectivity index (χ3n) is 3.49. The Hall–Kier alpha value is -2.29. The fourth-order valence-electron chi connectivity index (χ4n) is 2.26. The fourth-order valence-corrected chi connectivity index (χ4v) is 2.26.